The number of hydrogen-bond acceptors (Lipinski definition) is 5. The summed E-state index contributed by atoms with van der Waals surface area (Å²) in [6.45, 7) is 2.80. The minimum atomic E-state index is -0.408. The van der Waals surface area contributed by atoms with Crippen LogP contribution in [0.4, 0.5) is 11.4 Å². The maximum Gasteiger partial charge on any atom is 0.273 e. The van der Waals surface area contributed by atoms with Gasteiger partial charge in [0.25, 0.3) is 5.69 Å². The molecule has 0 atom stereocenters. The molecule has 90 valence electrons. The molecular weight excluding hydrogens is 224 g/mol. The van der Waals surface area contributed by atoms with Crippen molar-refractivity contribution in [3.63, 3.8) is 0 Å². The van der Waals surface area contributed by atoms with Crippen LogP contribution in [-0.2, 0) is 4.74 Å². The van der Waals surface area contributed by atoms with Gasteiger partial charge in [-0.05, 0) is 6.07 Å². The molecule has 1 fully saturated rings. The predicted molar refractivity (Wildman–Crippen MR) is 60.5 cm³/mol. The van der Waals surface area contributed by atoms with E-state index in [1.807, 2.05) is 0 Å². The zero-order valence-electron chi connectivity index (χ0n) is 9.17. The number of nitrogens with zero attached hydrogens (tertiary/aromatic N) is 2. The first-order valence-corrected chi connectivity index (χ1v) is 5.51. The van der Waals surface area contributed by atoms with Crippen molar-refractivity contribution in [3.8, 4) is 5.75 Å². The number of fused-ring (bicyclic) bond motifs is 1. The number of ether oxygens (including phenoxy) is 2. The van der Waals surface area contributed by atoms with E-state index in [9.17, 15) is 10.1 Å². The fraction of sp³-hybridized carbons (Fsp3) is 0.455. The maximum atomic E-state index is 10.7. The van der Waals surface area contributed by atoms with Crippen molar-refractivity contribution in [2.24, 2.45) is 0 Å². The summed E-state index contributed by atoms with van der Waals surface area (Å²) in [6, 6.07) is 5.13. The molecule has 3 rings (SSSR count). The van der Waals surface area contributed by atoms with E-state index in [4.69, 9.17) is 9.47 Å². The molecule has 0 bridgehead atoms. The molecule has 17 heavy (non-hydrogen) atoms. The highest BCUT2D eigenvalue weighted by Gasteiger charge is 2.31. The predicted octanol–water partition coefficient (Wildman–Crippen LogP) is 1.19. The molecule has 0 aliphatic carbocycles. The second kappa shape index (κ2) is 3.89. The van der Waals surface area contributed by atoms with Crippen LogP contribution in [0.2, 0.25) is 0 Å². The molecule has 1 aromatic rings. The highest BCUT2D eigenvalue weighted by molar-refractivity contribution is 5.64. The average molecular weight is 236 g/mol. The Morgan fingerprint density at radius 2 is 2.24 bits per heavy atom. The summed E-state index contributed by atoms with van der Waals surface area (Å²) < 4.78 is 10.7. The van der Waals surface area contributed by atoms with Crippen LogP contribution >= 0.6 is 0 Å². The lowest BCUT2D eigenvalue weighted by molar-refractivity contribution is -0.384. The molecule has 6 heteroatoms. The Kier molecular flexibility index (Phi) is 2.36. The first-order chi connectivity index (χ1) is 8.25. The molecule has 0 aromatic heterocycles. The molecule has 0 unspecified atom stereocenters. The molecule has 0 spiro atoms. The summed E-state index contributed by atoms with van der Waals surface area (Å²) in [5.74, 6) is 0.595. The van der Waals surface area contributed by atoms with Gasteiger partial charge in [0.2, 0.25) is 0 Å². The zero-order chi connectivity index (χ0) is 11.8. The Balaban J connectivity index is 1.94. The van der Waals surface area contributed by atoms with Gasteiger partial charge in [0, 0.05) is 6.07 Å². The third kappa shape index (κ3) is 1.70. The minimum absolute atomic E-state index is 0.0652. The van der Waals surface area contributed by atoms with Gasteiger partial charge in [-0.25, -0.2) is 0 Å². The van der Waals surface area contributed by atoms with Crippen LogP contribution in [-0.4, -0.2) is 37.3 Å². The lowest BCUT2D eigenvalue weighted by Crippen LogP contribution is -2.52. The van der Waals surface area contributed by atoms with E-state index < -0.39 is 4.92 Å². The van der Waals surface area contributed by atoms with Crippen molar-refractivity contribution in [1.82, 2.24) is 0 Å². The van der Waals surface area contributed by atoms with Crippen LogP contribution in [0.5, 0.6) is 5.75 Å². The Labute approximate surface area is 97.9 Å². The summed E-state index contributed by atoms with van der Waals surface area (Å²) in [7, 11) is 0. The molecule has 2 aliphatic heterocycles. The summed E-state index contributed by atoms with van der Waals surface area (Å²) >= 11 is 0. The van der Waals surface area contributed by atoms with Gasteiger partial charge in [-0.1, -0.05) is 0 Å². The number of nitro groups is 1. The molecular formula is C11H12N2O4. The van der Waals surface area contributed by atoms with E-state index in [0.29, 0.717) is 18.4 Å². The van der Waals surface area contributed by atoms with Crippen molar-refractivity contribution in [2.75, 3.05) is 31.3 Å². The molecule has 6 nitrogen and oxygen atoms in total. The smallest absolute Gasteiger partial charge is 0.273 e. The number of rotatable bonds is 2. The summed E-state index contributed by atoms with van der Waals surface area (Å²) in [5.41, 5.74) is 0.991. The summed E-state index contributed by atoms with van der Waals surface area (Å²) in [6.07, 6.45) is 0. The van der Waals surface area contributed by atoms with Crippen LogP contribution in [0.1, 0.15) is 0 Å². The molecule has 0 radical (unpaired) electrons. The minimum Gasteiger partial charge on any atom is -0.489 e. The van der Waals surface area contributed by atoms with Crippen LogP contribution < -0.4 is 9.64 Å². The van der Waals surface area contributed by atoms with Crippen molar-refractivity contribution >= 4 is 11.4 Å². The van der Waals surface area contributed by atoms with Gasteiger partial charge in [0.05, 0.1) is 42.5 Å². The quantitative estimate of drug-likeness (QED) is 0.570. The van der Waals surface area contributed by atoms with Crippen LogP contribution in [0.15, 0.2) is 18.2 Å². The number of non-ortho nitro benzene ring substituents is 1. The maximum absolute atomic E-state index is 10.7. The number of benzene rings is 1. The van der Waals surface area contributed by atoms with Crippen LogP contribution in [0, 0.1) is 10.1 Å². The first-order valence-electron chi connectivity index (χ1n) is 5.51. The molecule has 2 heterocycles. The molecule has 0 amide bonds. The van der Waals surface area contributed by atoms with E-state index >= 15 is 0 Å². The normalized spacial score (nSPS) is 19.2. The van der Waals surface area contributed by atoms with Gasteiger partial charge in [0.15, 0.2) is 0 Å². The van der Waals surface area contributed by atoms with Crippen molar-refractivity contribution in [2.45, 2.75) is 6.04 Å². The lowest BCUT2D eigenvalue weighted by Gasteiger charge is -2.41. The molecule has 0 N–H and O–H groups in total. The standard InChI is InChI=1S/C11H12N2O4/c14-13(15)8-1-2-10-11(5-8)17-4-3-12(10)9-6-16-7-9/h1-2,5,9H,3-4,6-7H2. The van der Waals surface area contributed by atoms with Crippen molar-refractivity contribution in [3.05, 3.63) is 28.3 Å². The van der Waals surface area contributed by atoms with Crippen molar-refractivity contribution < 1.29 is 14.4 Å². The number of anilines is 1. The Morgan fingerprint density at radius 3 is 2.88 bits per heavy atom. The monoisotopic (exact) mass is 236 g/mol. The largest absolute Gasteiger partial charge is 0.489 e. The van der Waals surface area contributed by atoms with Gasteiger partial charge in [-0.2, -0.15) is 0 Å². The van der Waals surface area contributed by atoms with Crippen LogP contribution in [0.3, 0.4) is 0 Å². The van der Waals surface area contributed by atoms with Gasteiger partial charge in [-0.15, -0.1) is 0 Å². The van der Waals surface area contributed by atoms with Gasteiger partial charge in [-0.3, -0.25) is 10.1 Å². The molecule has 1 aromatic carbocycles. The molecule has 2 aliphatic rings. The zero-order valence-corrected chi connectivity index (χ0v) is 9.17. The van der Waals surface area contributed by atoms with E-state index in [1.165, 1.54) is 12.1 Å². The topological polar surface area (TPSA) is 64.8 Å². The molecule has 1 saturated heterocycles. The SMILES string of the molecule is O=[N+]([O-])c1ccc2c(c1)OCCN2C1COC1. The summed E-state index contributed by atoms with van der Waals surface area (Å²) in [5, 5.41) is 10.7. The fourth-order valence-electron chi connectivity index (χ4n) is 2.13. The van der Waals surface area contributed by atoms with E-state index in [2.05, 4.69) is 4.90 Å². The van der Waals surface area contributed by atoms with Gasteiger partial charge in [0.1, 0.15) is 12.4 Å². The molecule has 0 saturated carbocycles. The van der Waals surface area contributed by atoms with Gasteiger partial charge >= 0.3 is 0 Å². The number of hydrogen-bond donors (Lipinski definition) is 0. The second-order valence-corrected chi connectivity index (χ2v) is 4.14. The van der Waals surface area contributed by atoms with Crippen molar-refractivity contribution in [1.29, 1.82) is 0 Å². The number of nitro benzene ring substituents is 1. The fourth-order valence-corrected chi connectivity index (χ4v) is 2.13. The third-order valence-electron chi connectivity index (χ3n) is 3.11. The Hall–Kier alpha value is -1.82. The highest BCUT2D eigenvalue weighted by Crippen LogP contribution is 2.36. The highest BCUT2D eigenvalue weighted by atomic mass is 16.6. The Bertz CT molecular complexity index is 459. The third-order valence-corrected chi connectivity index (χ3v) is 3.11. The van der Waals surface area contributed by atoms with E-state index in [0.717, 1.165) is 25.4 Å². The lowest BCUT2D eigenvalue weighted by atomic mass is 10.1. The first kappa shape index (κ1) is 10.3. The van der Waals surface area contributed by atoms with Gasteiger partial charge < -0.3 is 14.4 Å². The van der Waals surface area contributed by atoms with Crippen LogP contribution in [0.25, 0.3) is 0 Å². The Morgan fingerprint density at radius 1 is 1.41 bits per heavy atom. The second-order valence-electron chi connectivity index (χ2n) is 4.14. The summed E-state index contributed by atoms with van der Waals surface area (Å²) in [4.78, 5) is 12.5. The van der Waals surface area contributed by atoms with E-state index in [1.54, 1.807) is 6.07 Å². The van der Waals surface area contributed by atoms with E-state index in [-0.39, 0.29) is 5.69 Å². The average Bonchev–Trinajstić information content (AvgIpc) is 2.26.